The molecule has 0 N–H and O–H groups in total. The van der Waals surface area contributed by atoms with Crippen LogP contribution in [-0.4, -0.2) is 28.6 Å². The van der Waals surface area contributed by atoms with Crippen LogP contribution in [0.1, 0.15) is 45.4 Å². The zero-order chi connectivity index (χ0) is 12.5. The van der Waals surface area contributed by atoms with E-state index in [1.165, 1.54) is 17.7 Å². The molecule has 2 fully saturated rings. The van der Waals surface area contributed by atoms with Crippen molar-refractivity contribution in [2.24, 2.45) is 11.3 Å². The van der Waals surface area contributed by atoms with E-state index >= 15 is 0 Å². The van der Waals surface area contributed by atoms with Crippen molar-refractivity contribution in [3.05, 3.63) is 0 Å². The molecular formula is C13H20BrNO2. The molecule has 3 nitrogen and oxygen atoms in total. The second-order valence-corrected chi connectivity index (χ2v) is 6.29. The van der Waals surface area contributed by atoms with Crippen LogP contribution in [0.25, 0.3) is 0 Å². The van der Waals surface area contributed by atoms with Gasteiger partial charge in [-0.2, -0.15) is 0 Å². The first-order valence-corrected chi connectivity index (χ1v) is 7.58. The lowest BCUT2D eigenvalue weighted by Crippen LogP contribution is -2.48. The summed E-state index contributed by atoms with van der Waals surface area (Å²) in [5, 5.41) is 0.895. The molecule has 0 aromatic heterocycles. The highest BCUT2D eigenvalue weighted by Gasteiger charge is 2.39. The molecule has 0 atom stereocenters. The van der Waals surface area contributed by atoms with Gasteiger partial charge in [-0.25, -0.2) is 0 Å². The molecule has 0 spiro atoms. The fourth-order valence-corrected chi connectivity index (χ4v) is 3.74. The van der Waals surface area contributed by atoms with E-state index in [0.29, 0.717) is 19.4 Å². The summed E-state index contributed by atoms with van der Waals surface area (Å²) in [6, 6.07) is 0. The van der Waals surface area contributed by atoms with Crippen LogP contribution >= 0.6 is 15.9 Å². The molecule has 2 amide bonds. The Hall–Kier alpha value is -0.380. The number of likely N-dealkylation sites (tertiary alicyclic amines) is 1. The number of carbonyl (C=O) groups is 2. The van der Waals surface area contributed by atoms with Gasteiger partial charge >= 0.3 is 0 Å². The third kappa shape index (κ3) is 2.72. The third-order valence-electron chi connectivity index (χ3n) is 4.09. The zero-order valence-electron chi connectivity index (χ0n) is 10.4. The van der Waals surface area contributed by atoms with Gasteiger partial charge in [-0.3, -0.25) is 14.5 Å². The maximum atomic E-state index is 12.0. The molecular weight excluding hydrogens is 282 g/mol. The van der Waals surface area contributed by atoms with Crippen molar-refractivity contribution in [3.63, 3.8) is 0 Å². The highest BCUT2D eigenvalue weighted by molar-refractivity contribution is 9.09. The van der Waals surface area contributed by atoms with Crippen LogP contribution in [-0.2, 0) is 9.59 Å². The highest BCUT2D eigenvalue weighted by atomic mass is 79.9. The molecule has 1 heterocycles. The molecule has 1 saturated carbocycles. The van der Waals surface area contributed by atoms with E-state index in [1.807, 2.05) is 6.92 Å². The predicted molar refractivity (Wildman–Crippen MR) is 69.8 cm³/mol. The van der Waals surface area contributed by atoms with Gasteiger partial charge in [0, 0.05) is 24.7 Å². The van der Waals surface area contributed by atoms with E-state index in [-0.39, 0.29) is 23.1 Å². The Morgan fingerprint density at radius 3 is 2.24 bits per heavy atom. The van der Waals surface area contributed by atoms with E-state index in [0.717, 1.165) is 18.2 Å². The van der Waals surface area contributed by atoms with Gasteiger partial charge in [0.1, 0.15) is 0 Å². The molecule has 96 valence electrons. The number of imide groups is 1. The first-order valence-electron chi connectivity index (χ1n) is 6.45. The van der Waals surface area contributed by atoms with Gasteiger partial charge in [0.25, 0.3) is 0 Å². The van der Waals surface area contributed by atoms with Gasteiger partial charge in [-0.15, -0.1) is 0 Å². The van der Waals surface area contributed by atoms with Crippen molar-refractivity contribution in [2.45, 2.75) is 45.4 Å². The minimum absolute atomic E-state index is 0.0287. The van der Waals surface area contributed by atoms with Gasteiger partial charge in [-0.1, -0.05) is 35.7 Å². The molecule has 1 aliphatic carbocycles. The summed E-state index contributed by atoms with van der Waals surface area (Å²) < 4.78 is 0. The van der Waals surface area contributed by atoms with Gasteiger partial charge in [0.2, 0.25) is 11.8 Å². The number of amides is 2. The summed E-state index contributed by atoms with van der Waals surface area (Å²) in [5.74, 6) is 0.275. The fourth-order valence-electron chi connectivity index (χ4n) is 3.00. The van der Waals surface area contributed by atoms with E-state index < -0.39 is 0 Å². The van der Waals surface area contributed by atoms with Crippen molar-refractivity contribution >= 4 is 27.7 Å². The molecule has 4 heteroatoms. The van der Waals surface area contributed by atoms with Crippen LogP contribution in [0.4, 0.5) is 0 Å². The van der Waals surface area contributed by atoms with Crippen LogP contribution in [0.3, 0.4) is 0 Å². The SMILES string of the molecule is CC1CC(=O)N(CC2(CBr)CCCC2)C(=O)C1. The van der Waals surface area contributed by atoms with Gasteiger partial charge in [0.15, 0.2) is 0 Å². The topological polar surface area (TPSA) is 37.4 Å². The number of halogens is 1. The van der Waals surface area contributed by atoms with E-state index in [9.17, 15) is 9.59 Å². The van der Waals surface area contributed by atoms with E-state index in [2.05, 4.69) is 15.9 Å². The summed E-state index contributed by atoms with van der Waals surface area (Å²) in [7, 11) is 0. The number of nitrogens with zero attached hydrogens (tertiary/aromatic N) is 1. The Bertz CT molecular complexity index is 305. The number of rotatable bonds is 3. The van der Waals surface area contributed by atoms with Crippen LogP contribution in [0.2, 0.25) is 0 Å². The van der Waals surface area contributed by atoms with Crippen LogP contribution in [0, 0.1) is 11.3 Å². The second kappa shape index (κ2) is 5.09. The smallest absolute Gasteiger partial charge is 0.229 e. The van der Waals surface area contributed by atoms with Gasteiger partial charge in [0.05, 0.1) is 0 Å². The number of hydrogen-bond acceptors (Lipinski definition) is 2. The average Bonchev–Trinajstić information content (AvgIpc) is 2.73. The number of carbonyl (C=O) groups excluding carboxylic acids is 2. The van der Waals surface area contributed by atoms with E-state index in [4.69, 9.17) is 0 Å². The van der Waals surface area contributed by atoms with Crippen LogP contribution in [0.15, 0.2) is 0 Å². The first kappa shape index (κ1) is 13.1. The Morgan fingerprint density at radius 2 is 1.76 bits per heavy atom. The molecule has 1 saturated heterocycles. The lowest BCUT2D eigenvalue weighted by atomic mass is 9.86. The van der Waals surface area contributed by atoms with Crippen molar-refractivity contribution in [1.82, 2.24) is 4.90 Å². The second-order valence-electron chi connectivity index (χ2n) is 5.73. The zero-order valence-corrected chi connectivity index (χ0v) is 12.0. The summed E-state index contributed by atoms with van der Waals surface area (Å²) in [5.41, 5.74) is 0.145. The minimum atomic E-state index is 0.0287. The highest BCUT2D eigenvalue weighted by Crippen LogP contribution is 2.41. The van der Waals surface area contributed by atoms with Gasteiger partial charge in [-0.05, 0) is 24.2 Å². The number of hydrogen-bond donors (Lipinski definition) is 0. The summed E-state index contributed by atoms with van der Waals surface area (Å²) in [6.45, 7) is 2.60. The molecule has 0 unspecified atom stereocenters. The van der Waals surface area contributed by atoms with Crippen molar-refractivity contribution in [3.8, 4) is 0 Å². The Morgan fingerprint density at radius 1 is 1.24 bits per heavy atom. The molecule has 2 rings (SSSR count). The Balaban J connectivity index is 2.06. The van der Waals surface area contributed by atoms with E-state index in [1.54, 1.807) is 0 Å². The summed E-state index contributed by atoms with van der Waals surface area (Å²) in [4.78, 5) is 25.4. The largest absolute Gasteiger partial charge is 0.282 e. The lowest BCUT2D eigenvalue weighted by Gasteiger charge is -2.36. The number of piperidine rings is 1. The molecule has 0 aromatic carbocycles. The van der Waals surface area contributed by atoms with Crippen LogP contribution < -0.4 is 0 Å². The first-order chi connectivity index (χ1) is 8.06. The van der Waals surface area contributed by atoms with Gasteiger partial charge < -0.3 is 0 Å². The molecule has 0 radical (unpaired) electrons. The molecule has 2 aliphatic rings. The Labute approximate surface area is 111 Å². The minimum Gasteiger partial charge on any atom is -0.282 e. The molecule has 0 bridgehead atoms. The fraction of sp³-hybridized carbons (Fsp3) is 0.846. The lowest BCUT2D eigenvalue weighted by molar-refractivity contribution is -0.151. The Kier molecular flexibility index (Phi) is 3.91. The maximum Gasteiger partial charge on any atom is 0.229 e. The van der Waals surface area contributed by atoms with Crippen LogP contribution in [0.5, 0.6) is 0 Å². The maximum absolute atomic E-state index is 12.0. The number of alkyl halides is 1. The quantitative estimate of drug-likeness (QED) is 0.594. The normalized spacial score (nSPS) is 25.6. The predicted octanol–water partition coefficient (Wildman–Crippen LogP) is 2.73. The average molecular weight is 302 g/mol. The van der Waals surface area contributed by atoms with Crippen molar-refractivity contribution in [1.29, 1.82) is 0 Å². The summed E-state index contributed by atoms with van der Waals surface area (Å²) >= 11 is 3.56. The molecule has 17 heavy (non-hydrogen) atoms. The molecule has 0 aromatic rings. The summed E-state index contributed by atoms with van der Waals surface area (Å²) in [6.07, 6.45) is 5.76. The third-order valence-corrected chi connectivity index (χ3v) is 5.28. The van der Waals surface area contributed by atoms with Crippen molar-refractivity contribution < 1.29 is 9.59 Å². The standard InChI is InChI=1S/C13H20BrNO2/c1-10-6-11(16)15(12(17)7-10)9-13(8-14)4-2-3-5-13/h10H,2-9H2,1H3. The monoisotopic (exact) mass is 301 g/mol. The van der Waals surface area contributed by atoms with Crippen molar-refractivity contribution in [2.75, 3.05) is 11.9 Å². The molecule has 1 aliphatic heterocycles.